The molecule has 2 aromatic rings. The highest BCUT2D eigenvalue weighted by atomic mass is 16.5. The molecule has 4 rings (SSSR count). The van der Waals surface area contributed by atoms with Crippen molar-refractivity contribution in [3.05, 3.63) is 34.9 Å². The van der Waals surface area contributed by atoms with E-state index in [9.17, 15) is 20.1 Å². The van der Waals surface area contributed by atoms with Crippen LogP contribution in [-0.2, 0) is 11.8 Å². The van der Waals surface area contributed by atoms with Gasteiger partial charge in [-0.15, -0.1) is 0 Å². The lowest BCUT2D eigenvalue weighted by Gasteiger charge is -2.45. The highest BCUT2D eigenvalue weighted by Crippen LogP contribution is 2.54. The molecule has 1 spiro atoms. The van der Waals surface area contributed by atoms with Crippen molar-refractivity contribution in [1.29, 1.82) is 0 Å². The highest BCUT2D eigenvalue weighted by molar-refractivity contribution is 6.11. The fourth-order valence-corrected chi connectivity index (χ4v) is 3.62. The van der Waals surface area contributed by atoms with Crippen LogP contribution in [0.4, 0.5) is 0 Å². The molecule has 0 saturated heterocycles. The van der Waals surface area contributed by atoms with Gasteiger partial charge in [0.25, 0.3) is 0 Å². The molecule has 1 atom stereocenters. The number of rotatable bonds is 2. The Hall–Kier alpha value is -3.09. The minimum Gasteiger partial charge on any atom is -0.504 e. The van der Waals surface area contributed by atoms with E-state index in [0.29, 0.717) is 17.9 Å². The van der Waals surface area contributed by atoms with Crippen molar-refractivity contribution < 1.29 is 34.3 Å². The average Bonchev–Trinajstić information content (AvgIpc) is 2.59. The van der Waals surface area contributed by atoms with E-state index < -0.39 is 22.7 Å². The summed E-state index contributed by atoms with van der Waals surface area (Å²) < 4.78 is 16.2. The molecule has 1 aliphatic heterocycles. The Morgan fingerprint density at radius 2 is 1.72 bits per heavy atom. The van der Waals surface area contributed by atoms with Crippen LogP contribution in [0.5, 0.6) is 34.5 Å². The van der Waals surface area contributed by atoms with E-state index in [1.165, 1.54) is 14.2 Å². The minimum atomic E-state index is -0.956. The molecule has 2 aromatic carbocycles. The van der Waals surface area contributed by atoms with Crippen molar-refractivity contribution in [2.24, 2.45) is 0 Å². The number of phenolic OH excluding ortho intramolecular Hbond substituents is 3. The molecule has 0 saturated carbocycles. The van der Waals surface area contributed by atoms with Gasteiger partial charge in [0, 0.05) is 6.07 Å². The number of ether oxygens (including phenoxy) is 3. The van der Waals surface area contributed by atoms with Gasteiger partial charge >= 0.3 is 0 Å². The minimum absolute atomic E-state index is 0.0531. The van der Waals surface area contributed by atoms with Gasteiger partial charge in [0.05, 0.1) is 19.6 Å². The van der Waals surface area contributed by atoms with Gasteiger partial charge in [-0.05, 0) is 29.7 Å². The lowest BCUT2D eigenvalue weighted by atomic mass is 9.60. The molecule has 1 unspecified atom stereocenters. The van der Waals surface area contributed by atoms with Gasteiger partial charge in [-0.1, -0.05) is 0 Å². The fraction of sp³-hybridized carbons (Fsp3) is 0.278. The number of carbonyl (C=O) groups is 1. The predicted molar refractivity (Wildman–Crippen MR) is 86.2 cm³/mol. The van der Waals surface area contributed by atoms with Crippen LogP contribution in [0.1, 0.15) is 21.5 Å². The molecule has 0 fully saturated rings. The van der Waals surface area contributed by atoms with E-state index in [-0.39, 0.29) is 23.7 Å². The molecule has 7 nitrogen and oxygen atoms in total. The number of Topliss-reactive ketones (excluding diaryl/α,β-unsaturated/α-hetero) is 1. The molecule has 0 amide bonds. The second kappa shape index (κ2) is 4.95. The summed E-state index contributed by atoms with van der Waals surface area (Å²) in [6, 6.07) is 4.68. The normalized spacial score (nSPS) is 20.3. The molecule has 3 N–H and O–H groups in total. The van der Waals surface area contributed by atoms with Crippen LogP contribution in [0.15, 0.2) is 18.2 Å². The summed E-state index contributed by atoms with van der Waals surface area (Å²) in [5, 5.41) is 29.5. The molecule has 25 heavy (non-hydrogen) atoms. The lowest BCUT2D eigenvalue weighted by molar-refractivity contribution is 0.0721. The number of hydrogen-bond donors (Lipinski definition) is 3. The summed E-state index contributed by atoms with van der Waals surface area (Å²) in [6.07, 6.45) is 0.419. The largest absolute Gasteiger partial charge is 0.504 e. The lowest BCUT2D eigenvalue weighted by Crippen LogP contribution is -2.52. The first-order chi connectivity index (χ1) is 11.9. The molecule has 2 aliphatic rings. The molecular formula is C18H16O7. The number of phenols is 3. The third-order valence-corrected chi connectivity index (χ3v) is 4.97. The molecule has 1 heterocycles. The smallest absolute Gasteiger partial charge is 0.201 e. The number of benzene rings is 2. The first kappa shape index (κ1) is 15.4. The summed E-state index contributed by atoms with van der Waals surface area (Å²) in [5.41, 5.74) is 0.596. The maximum Gasteiger partial charge on any atom is 0.201 e. The van der Waals surface area contributed by atoms with Crippen LogP contribution in [0, 0.1) is 0 Å². The van der Waals surface area contributed by atoms with Crippen LogP contribution in [0.2, 0.25) is 0 Å². The van der Waals surface area contributed by atoms with Gasteiger partial charge in [0.15, 0.2) is 28.8 Å². The Labute approximate surface area is 143 Å². The average molecular weight is 344 g/mol. The Kier molecular flexibility index (Phi) is 3.06. The zero-order valence-electron chi connectivity index (χ0n) is 13.6. The third kappa shape index (κ3) is 1.83. The second-order valence-electron chi connectivity index (χ2n) is 6.21. The van der Waals surface area contributed by atoms with Crippen LogP contribution in [0.25, 0.3) is 0 Å². The molecule has 7 heteroatoms. The van der Waals surface area contributed by atoms with Gasteiger partial charge in [0.2, 0.25) is 5.75 Å². The maximum absolute atomic E-state index is 13.1. The van der Waals surface area contributed by atoms with Crippen LogP contribution < -0.4 is 14.2 Å². The van der Waals surface area contributed by atoms with Gasteiger partial charge in [0.1, 0.15) is 17.9 Å². The molecule has 130 valence electrons. The highest BCUT2D eigenvalue weighted by Gasteiger charge is 2.54. The molecular weight excluding hydrogens is 328 g/mol. The van der Waals surface area contributed by atoms with Gasteiger partial charge in [-0.25, -0.2) is 0 Å². The van der Waals surface area contributed by atoms with E-state index in [4.69, 9.17) is 14.2 Å². The Morgan fingerprint density at radius 3 is 2.40 bits per heavy atom. The number of hydrogen-bond acceptors (Lipinski definition) is 7. The third-order valence-electron chi connectivity index (χ3n) is 4.97. The van der Waals surface area contributed by atoms with Crippen molar-refractivity contribution in [2.45, 2.75) is 11.8 Å². The molecule has 0 aromatic heterocycles. The van der Waals surface area contributed by atoms with Gasteiger partial charge in [-0.2, -0.15) is 0 Å². The number of methoxy groups -OCH3 is 2. The first-order valence-electron chi connectivity index (χ1n) is 7.64. The van der Waals surface area contributed by atoms with Gasteiger partial charge in [-0.3, -0.25) is 4.79 Å². The number of ketones is 1. The maximum atomic E-state index is 13.1. The number of aromatic hydroxyl groups is 3. The van der Waals surface area contributed by atoms with Crippen LogP contribution in [0.3, 0.4) is 0 Å². The first-order valence-corrected chi connectivity index (χ1v) is 7.64. The second-order valence-corrected chi connectivity index (χ2v) is 6.21. The van der Waals surface area contributed by atoms with Crippen molar-refractivity contribution >= 4 is 5.78 Å². The van der Waals surface area contributed by atoms with E-state index in [2.05, 4.69) is 0 Å². The summed E-state index contributed by atoms with van der Waals surface area (Å²) in [4.78, 5) is 13.1. The van der Waals surface area contributed by atoms with Crippen LogP contribution >= 0.6 is 0 Å². The summed E-state index contributed by atoms with van der Waals surface area (Å²) in [5.74, 6) is -1.19. The molecule has 0 radical (unpaired) electrons. The van der Waals surface area contributed by atoms with E-state index in [1.807, 2.05) is 6.07 Å². The van der Waals surface area contributed by atoms with E-state index >= 15 is 0 Å². The quantitative estimate of drug-likeness (QED) is 0.714. The molecule has 0 bridgehead atoms. The fourth-order valence-electron chi connectivity index (χ4n) is 3.62. The topological polar surface area (TPSA) is 105 Å². The van der Waals surface area contributed by atoms with Crippen molar-refractivity contribution in [3.63, 3.8) is 0 Å². The zero-order chi connectivity index (χ0) is 17.9. The van der Waals surface area contributed by atoms with Crippen molar-refractivity contribution in [2.75, 3.05) is 20.8 Å². The van der Waals surface area contributed by atoms with E-state index in [1.54, 1.807) is 6.07 Å². The summed E-state index contributed by atoms with van der Waals surface area (Å²) >= 11 is 0. The number of carbonyl (C=O) groups excluding carboxylic acids is 1. The van der Waals surface area contributed by atoms with E-state index in [0.717, 1.165) is 17.2 Å². The number of fused-ring (bicyclic) bond motifs is 3. The van der Waals surface area contributed by atoms with Crippen molar-refractivity contribution in [3.8, 4) is 34.5 Å². The SMILES string of the molecule is COc1cc2c(cc1OC)C1(COc3cc(O)c(O)c(O)c3C1=O)C2. The monoisotopic (exact) mass is 344 g/mol. The predicted octanol–water partition coefficient (Wildman–Crippen LogP) is 1.89. The Morgan fingerprint density at radius 1 is 1.04 bits per heavy atom. The summed E-state index contributed by atoms with van der Waals surface area (Å²) in [6.45, 7) is 0.0744. The van der Waals surface area contributed by atoms with Gasteiger partial charge < -0.3 is 29.5 Å². The standard InChI is InChI=1S/C18H16O7/c1-23-11-3-8-6-18(9(8)4-12(11)24-2)7-25-13-5-10(19)15(20)16(21)14(13)17(18)22/h3-5,19-21H,6-7H2,1-2H3. The Bertz CT molecular complexity index is 918. The zero-order valence-corrected chi connectivity index (χ0v) is 13.6. The van der Waals surface area contributed by atoms with Crippen LogP contribution in [-0.4, -0.2) is 41.9 Å². The van der Waals surface area contributed by atoms with Crippen molar-refractivity contribution in [1.82, 2.24) is 0 Å². The molecule has 1 aliphatic carbocycles. The Balaban J connectivity index is 1.85. The summed E-state index contributed by atoms with van der Waals surface area (Å²) in [7, 11) is 3.05.